The number of H-pyrrole nitrogens is 1. The van der Waals surface area contributed by atoms with Crippen LogP contribution in [0.5, 0.6) is 0 Å². The molecule has 0 bridgehead atoms. The van der Waals surface area contributed by atoms with Gasteiger partial charge in [0.25, 0.3) is 0 Å². The zero-order chi connectivity index (χ0) is 18.1. The molecule has 1 aromatic carbocycles. The Hall–Kier alpha value is -2.63. The van der Waals surface area contributed by atoms with Crippen LogP contribution in [-0.4, -0.2) is 43.6 Å². The second kappa shape index (κ2) is 6.94. The van der Waals surface area contributed by atoms with Gasteiger partial charge in [-0.2, -0.15) is 5.10 Å². The number of fused-ring (bicyclic) bond motifs is 1. The van der Waals surface area contributed by atoms with Crippen LogP contribution >= 0.6 is 0 Å². The van der Waals surface area contributed by atoms with E-state index >= 15 is 0 Å². The Balaban J connectivity index is 1.42. The first-order valence-corrected chi connectivity index (χ1v) is 9.32. The van der Waals surface area contributed by atoms with Gasteiger partial charge in [-0.15, -0.1) is 0 Å². The fourth-order valence-electron chi connectivity index (χ4n) is 3.77. The molecule has 1 N–H and O–H groups in total. The molecule has 6 heteroatoms. The van der Waals surface area contributed by atoms with Gasteiger partial charge in [0.1, 0.15) is 5.82 Å². The van der Waals surface area contributed by atoms with Gasteiger partial charge in [-0.25, -0.2) is 4.98 Å². The summed E-state index contributed by atoms with van der Waals surface area (Å²) in [6.45, 7) is 6.32. The van der Waals surface area contributed by atoms with Crippen molar-refractivity contribution in [2.75, 3.05) is 13.1 Å². The Labute approximate surface area is 153 Å². The molecule has 1 atom stereocenters. The molecule has 1 fully saturated rings. The number of imidazole rings is 1. The highest BCUT2D eigenvalue weighted by molar-refractivity contribution is 5.79. The molecule has 0 aliphatic carbocycles. The molecule has 3 aromatic rings. The smallest absolute Gasteiger partial charge is 0.224 e. The van der Waals surface area contributed by atoms with Crippen LogP contribution in [0.3, 0.4) is 0 Å². The van der Waals surface area contributed by atoms with E-state index in [4.69, 9.17) is 4.98 Å². The second-order valence-electron chi connectivity index (χ2n) is 7.30. The summed E-state index contributed by atoms with van der Waals surface area (Å²) in [5.41, 5.74) is 4.43. The molecule has 1 saturated heterocycles. The number of nitrogens with zero attached hydrogens (tertiary/aromatic N) is 4. The molecule has 2 aromatic heterocycles. The van der Waals surface area contributed by atoms with Gasteiger partial charge < -0.3 is 9.88 Å². The third-order valence-electron chi connectivity index (χ3n) is 5.21. The first-order valence-electron chi connectivity index (χ1n) is 9.32. The average Bonchev–Trinajstić information content (AvgIpc) is 3.27. The average molecular weight is 351 g/mol. The summed E-state index contributed by atoms with van der Waals surface area (Å²) < 4.78 is 1.84. The van der Waals surface area contributed by atoms with Crippen molar-refractivity contribution in [1.29, 1.82) is 0 Å². The molecule has 4 rings (SSSR count). The van der Waals surface area contributed by atoms with Crippen LogP contribution in [-0.2, 0) is 11.3 Å². The fourth-order valence-corrected chi connectivity index (χ4v) is 3.77. The van der Waals surface area contributed by atoms with Crippen LogP contribution in [0.15, 0.2) is 30.6 Å². The summed E-state index contributed by atoms with van der Waals surface area (Å²) in [6.07, 6.45) is 6.38. The summed E-state index contributed by atoms with van der Waals surface area (Å²) in [5.74, 6) is 1.50. The summed E-state index contributed by atoms with van der Waals surface area (Å²) >= 11 is 0. The van der Waals surface area contributed by atoms with E-state index in [1.807, 2.05) is 35.0 Å². The minimum Gasteiger partial charge on any atom is -0.342 e. The van der Waals surface area contributed by atoms with Crippen molar-refractivity contribution >= 4 is 16.9 Å². The largest absolute Gasteiger partial charge is 0.342 e. The van der Waals surface area contributed by atoms with Crippen LogP contribution < -0.4 is 0 Å². The Morgan fingerprint density at radius 3 is 3.00 bits per heavy atom. The van der Waals surface area contributed by atoms with Crippen LogP contribution in [0.25, 0.3) is 11.0 Å². The van der Waals surface area contributed by atoms with Gasteiger partial charge in [0.05, 0.1) is 17.2 Å². The number of rotatable bonds is 4. The summed E-state index contributed by atoms with van der Waals surface area (Å²) in [6, 6.07) is 6.20. The lowest BCUT2D eigenvalue weighted by molar-refractivity contribution is -0.132. The van der Waals surface area contributed by atoms with E-state index in [2.05, 4.69) is 29.1 Å². The topological polar surface area (TPSA) is 66.8 Å². The Bertz CT molecular complexity index is 925. The second-order valence-corrected chi connectivity index (χ2v) is 7.30. The monoisotopic (exact) mass is 351 g/mol. The molecule has 0 saturated carbocycles. The number of nitrogens with one attached hydrogen (secondary N) is 1. The molecule has 26 heavy (non-hydrogen) atoms. The van der Waals surface area contributed by atoms with Crippen LogP contribution in [0.4, 0.5) is 0 Å². The SMILES string of the molecule is Cc1cnn(CCC(=O)N2CCC[C@@H](c3nc4c(C)cccc4[nH]3)C2)c1. The fraction of sp³-hybridized carbons (Fsp3) is 0.450. The number of carbonyl (C=O) groups is 1. The number of aromatic amines is 1. The molecule has 1 aliphatic rings. The Kier molecular flexibility index (Phi) is 4.49. The summed E-state index contributed by atoms with van der Waals surface area (Å²) in [7, 11) is 0. The number of benzene rings is 1. The highest BCUT2D eigenvalue weighted by Crippen LogP contribution is 2.28. The van der Waals surface area contributed by atoms with Gasteiger partial charge in [0.2, 0.25) is 5.91 Å². The van der Waals surface area contributed by atoms with Gasteiger partial charge >= 0.3 is 0 Å². The number of hydrogen-bond acceptors (Lipinski definition) is 3. The van der Waals surface area contributed by atoms with Crippen molar-refractivity contribution in [3.63, 3.8) is 0 Å². The summed E-state index contributed by atoms with van der Waals surface area (Å²) in [5, 5.41) is 4.26. The molecular weight excluding hydrogens is 326 g/mol. The normalized spacial score (nSPS) is 17.8. The number of carbonyl (C=O) groups excluding carboxylic acids is 1. The predicted octanol–water partition coefficient (Wildman–Crippen LogP) is 3.17. The van der Waals surface area contributed by atoms with E-state index in [1.54, 1.807) is 0 Å². The van der Waals surface area contributed by atoms with E-state index < -0.39 is 0 Å². The number of aromatic nitrogens is 4. The van der Waals surface area contributed by atoms with Crippen LogP contribution in [0.2, 0.25) is 0 Å². The molecule has 136 valence electrons. The Morgan fingerprint density at radius 1 is 1.35 bits per heavy atom. The number of para-hydroxylation sites is 1. The number of hydrogen-bond donors (Lipinski definition) is 1. The number of piperidine rings is 1. The highest BCUT2D eigenvalue weighted by Gasteiger charge is 2.26. The molecule has 0 spiro atoms. The van der Waals surface area contributed by atoms with Crippen molar-refractivity contribution in [2.45, 2.75) is 45.6 Å². The first-order chi connectivity index (χ1) is 12.6. The van der Waals surface area contributed by atoms with Gasteiger partial charge in [-0.05, 0) is 43.9 Å². The van der Waals surface area contributed by atoms with Gasteiger partial charge in [-0.3, -0.25) is 9.48 Å². The maximum atomic E-state index is 12.6. The number of likely N-dealkylation sites (tertiary alicyclic amines) is 1. The Morgan fingerprint density at radius 2 is 2.23 bits per heavy atom. The van der Waals surface area contributed by atoms with Gasteiger partial charge in [0, 0.05) is 38.2 Å². The number of amides is 1. The van der Waals surface area contributed by atoms with Crippen LogP contribution in [0.1, 0.15) is 42.1 Å². The van der Waals surface area contributed by atoms with E-state index in [0.29, 0.717) is 13.0 Å². The van der Waals surface area contributed by atoms with E-state index in [1.165, 1.54) is 5.56 Å². The molecule has 1 aliphatic heterocycles. The first kappa shape index (κ1) is 16.8. The standard InChI is InChI=1S/C20H25N5O/c1-14-11-21-25(12-14)10-8-18(26)24-9-4-6-16(13-24)20-22-17-7-3-5-15(2)19(17)23-20/h3,5,7,11-12,16H,4,6,8-10,13H2,1-2H3,(H,22,23)/t16-/m1/s1. The molecule has 1 amide bonds. The predicted molar refractivity (Wildman–Crippen MR) is 101 cm³/mol. The zero-order valence-electron chi connectivity index (χ0n) is 15.4. The minimum atomic E-state index is 0.204. The van der Waals surface area contributed by atoms with E-state index in [0.717, 1.165) is 48.4 Å². The zero-order valence-corrected chi connectivity index (χ0v) is 15.4. The van der Waals surface area contributed by atoms with Crippen molar-refractivity contribution in [3.8, 4) is 0 Å². The van der Waals surface area contributed by atoms with Gasteiger partial charge in [-0.1, -0.05) is 12.1 Å². The third kappa shape index (κ3) is 3.36. The maximum absolute atomic E-state index is 12.6. The minimum absolute atomic E-state index is 0.204. The third-order valence-corrected chi connectivity index (χ3v) is 5.21. The number of aryl methyl sites for hydroxylation is 3. The van der Waals surface area contributed by atoms with E-state index in [9.17, 15) is 4.79 Å². The van der Waals surface area contributed by atoms with Crippen molar-refractivity contribution in [3.05, 3.63) is 47.5 Å². The van der Waals surface area contributed by atoms with Crippen LogP contribution in [0, 0.1) is 13.8 Å². The van der Waals surface area contributed by atoms with E-state index in [-0.39, 0.29) is 11.8 Å². The van der Waals surface area contributed by atoms with Crippen molar-refractivity contribution in [1.82, 2.24) is 24.6 Å². The quantitative estimate of drug-likeness (QED) is 0.785. The lowest BCUT2D eigenvalue weighted by atomic mass is 9.97. The summed E-state index contributed by atoms with van der Waals surface area (Å²) in [4.78, 5) is 22.9. The molecular formula is C20H25N5O. The van der Waals surface area contributed by atoms with Crippen molar-refractivity contribution in [2.24, 2.45) is 0 Å². The van der Waals surface area contributed by atoms with Crippen molar-refractivity contribution < 1.29 is 4.79 Å². The molecule has 6 nitrogen and oxygen atoms in total. The lowest BCUT2D eigenvalue weighted by Crippen LogP contribution is -2.39. The molecule has 3 heterocycles. The molecule has 0 radical (unpaired) electrons. The highest BCUT2D eigenvalue weighted by atomic mass is 16.2. The molecule has 0 unspecified atom stereocenters. The van der Waals surface area contributed by atoms with Gasteiger partial charge in [0.15, 0.2) is 0 Å². The maximum Gasteiger partial charge on any atom is 0.224 e. The lowest BCUT2D eigenvalue weighted by Gasteiger charge is -2.32.